The van der Waals surface area contributed by atoms with Gasteiger partial charge >= 0.3 is 0 Å². The van der Waals surface area contributed by atoms with Gasteiger partial charge in [-0.3, -0.25) is 0 Å². The number of rotatable bonds is 2. The summed E-state index contributed by atoms with van der Waals surface area (Å²) in [4.78, 5) is 7.76. The molecule has 0 atom stereocenters. The smallest absolute Gasteiger partial charge is 0.174 e. The molecule has 0 fully saturated rings. The van der Waals surface area contributed by atoms with Crippen molar-refractivity contribution in [1.82, 2.24) is 9.97 Å². The summed E-state index contributed by atoms with van der Waals surface area (Å²) in [7, 11) is 0. The number of furan rings is 1. The Morgan fingerprint density at radius 1 is 1.17 bits per heavy atom. The van der Waals surface area contributed by atoms with Gasteiger partial charge in [-0.1, -0.05) is 29.8 Å². The van der Waals surface area contributed by atoms with Crippen LogP contribution in [0.15, 0.2) is 47.1 Å². The highest BCUT2D eigenvalue weighted by Gasteiger charge is 2.13. The van der Waals surface area contributed by atoms with Crippen LogP contribution in [0, 0.1) is 6.92 Å². The number of nitrogens with zero attached hydrogens (tertiary/aromatic N) is 1. The second-order valence-electron chi connectivity index (χ2n) is 4.02. The lowest BCUT2D eigenvalue weighted by Gasteiger charge is -2.00. The van der Waals surface area contributed by atoms with E-state index in [-0.39, 0.29) is 0 Å². The zero-order valence-corrected chi connectivity index (χ0v) is 10.5. The van der Waals surface area contributed by atoms with Gasteiger partial charge in [0.2, 0.25) is 0 Å². The molecule has 0 aliphatic carbocycles. The highest BCUT2D eigenvalue weighted by atomic mass is 35.5. The van der Waals surface area contributed by atoms with Crippen LogP contribution < -0.4 is 0 Å². The lowest BCUT2D eigenvalue weighted by atomic mass is 10.1. The highest BCUT2D eigenvalue weighted by molar-refractivity contribution is 6.33. The summed E-state index contributed by atoms with van der Waals surface area (Å²) in [6.07, 6.45) is 1.63. The van der Waals surface area contributed by atoms with Crippen LogP contribution in [0.25, 0.3) is 22.8 Å². The third-order valence-electron chi connectivity index (χ3n) is 2.77. The number of halogens is 1. The van der Waals surface area contributed by atoms with E-state index in [4.69, 9.17) is 16.0 Å². The van der Waals surface area contributed by atoms with E-state index in [1.165, 1.54) is 0 Å². The molecule has 2 aromatic heterocycles. The van der Waals surface area contributed by atoms with Gasteiger partial charge in [0.1, 0.15) is 0 Å². The van der Waals surface area contributed by atoms with Crippen molar-refractivity contribution in [2.24, 2.45) is 0 Å². The van der Waals surface area contributed by atoms with Gasteiger partial charge in [0.25, 0.3) is 0 Å². The van der Waals surface area contributed by atoms with Crippen LogP contribution in [0.5, 0.6) is 0 Å². The summed E-state index contributed by atoms with van der Waals surface area (Å²) >= 11 is 6.19. The minimum atomic E-state index is 0.693. The first-order valence-corrected chi connectivity index (χ1v) is 5.99. The first-order valence-electron chi connectivity index (χ1n) is 5.61. The molecule has 18 heavy (non-hydrogen) atoms. The predicted molar refractivity (Wildman–Crippen MR) is 71.5 cm³/mol. The topological polar surface area (TPSA) is 41.8 Å². The molecule has 0 bridgehead atoms. The summed E-state index contributed by atoms with van der Waals surface area (Å²) in [5, 5.41) is 0.693. The van der Waals surface area contributed by atoms with Crippen molar-refractivity contribution in [2.75, 3.05) is 0 Å². The number of hydrogen-bond donors (Lipinski definition) is 1. The Hall–Kier alpha value is -2.00. The van der Waals surface area contributed by atoms with Crippen LogP contribution in [0.4, 0.5) is 0 Å². The summed E-state index contributed by atoms with van der Waals surface area (Å²) in [6.45, 7) is 1.97. The summed E-state index contributed by atoms with van der Waals surface area (Å²) in [5.41, 5.74) is 2.74. The fourth-order valence-electron chi connectivity index (χ4n) is 1.91. The van der Waals surface area contributed by atoms with Crippen molar-refractivity contribution in [3.63, 3.8) is 0 Å². The fourth-order valence-corrected chi connectivity index (χ4v) is 2.13. The first kappa shape index (κ1) is 11.1. The zero-order valence-electron chi connectivity index (χ0n) is 9.77. The molecule has 1 aromatic carbocycles. The van der Waals surface area contributed by atoms with Crippen LogP contribution in [0.3, 0.4) is 0 Å². The molecule has 0 spiro atoms. The van der Waals surface area contributed by atoms with Gasteiger partial charge in [0.15, 0.2) is 11.6 Å². The van der Waals surface area contributed by atoms with Gasteiger partial charge in [-0.15, -0.1) is 0 Å². The number of nitrogens with one attached hydrogen (secondary N) is 1. The third kappa shape index (κ3) is 1.83. The SMILES string of the molecule is Cc1[nH]c(-c2ccco2)nc1-c1ccccc1Cl. The van der Waals surface area contributed by atoms with E-state index in [0.717, 1.165) is 22.7 Å². The van der Waals surface area contributed by atoms with Crippen molar-refractivity contribution >= 4 is 11.6 Å². The van der Waals surface area contributed by atoms with Crippen molar-refractivity contribution < 1.29 is 4.42 Å². The Balaban J connectivity index is 2.12. The molecule has 3 rings (SSSR count). The van der Waals surface area contributed by atoms with Gasteiger partial charge < -0.3 is 9.40 Å². The molecular formula is C14H11ClN2O. The lowest BCUT2D eigenvalue weighted by molar-refractivity contribution is 0.578. The van der Waals surface area contributed by atoms with Gasteiger partial charge in [-0.25, -0.2) is 4.98 Å². The van der Waals surface area contributed by atoms with Crippen LogP contribution in [0.2, 0.25) is 5.02 Å². The van der Waals surface area contributed by atoms with Crippen LogP contribution in [0.1, 0.15) is 5.69 Å². The Kier molecular flexibility index (Phi) is 2.68. The van der Waals surface area contributed by atoms with Crippen LogP contribution >= 0.6 is 11.6 Å². The number of aromatic nitrogens is 2. The molecule has 0 radical (unpaired) electrons. The molecule has 0 aliphatic rings. The largest absolute Gasteiger partial charge is 0.461 e. The summed E-state index contributed by atoms with van der Waals surface area (Å²) in [6, 6.07) is 11.4. The van der Waals surface area contributed by atoms with Gasteiger partial charge in [-0.2, -0.15) is 0 Å². The third-order valence-corrected chi connectivity index (χ3v) is 3.10. The molecular weight excluding hydrogens is 248 g/mol. The minimum absolute atomic E-state index is 0.693. The second kappa shape index (κ2) is 4.35. The molecule has 3 nitrogen and oxygen atoms in total. The maximum absolute atomic E-state index is 6.19. The summed E-state index contributed by atoms with van der Waals surface area (Å²) in [5.74, 6) is 1.43. The van der Waals surface area contributed by atoms with Crippen molar-refractivity contribution in [3.05, 3.63) is 53.4 Å². The molecule has 1 N–H and O–H groups in total. The number of benzene rings is 1. The number of aryl methyl sites for hydroxylation is 1. The van der Waals surface area contributed by atoms with Crippen LogP contribution in [-0.2, 0) is 0 Å². The Bertz CT molecular complexity index is 671. The molecule has 2 heterocycles. The predicted octanol–water partition coefficient (Wildman–Crippen LogP) is 4.30. The Morgan fingerprint density at radius 2 is 2.00 bits per heavy atom. The molecule has 0 aliphatic heterocycles. The average Bonchev–Trinajstić information content (AvgIpc) is 2.99. The monoisotopic (exact) mass is 258 g/mol. The van der Waals surface area contributed by atoms with E-state index in [2.05, 4.69) is 9.97 Å². The Morgan fingerprint density at radius 3 is 2.72 bits per heavy atom. The van der Waals surface area contributed by atoms with Gasteiger partial charge in [0, 0.05) is 11.3 Å². The molecule has 0 unspecified atom stereocenters. The zero-order chi connectivity index (χ0) is 12.5. The van der Waals surface area contributed by atoms with E-state index in [1.807, 2.05) is 43.3 Å². The maximum Gasteiger partial charge on any atom is 0.174 e. The number of hydrogen-bond acceptors (Lipinski definition) is 2. The molecule has 3 aromatic rings. The molecule has 4 heteroatoms. The van der Waals surface area contributed by atoms with Crippen molar-refractivity contribution in [2.45, 2.75) is 6.92 Å². The number of imidazole rings is 1. The minimum Gasteiger partial charge on any atom is -0.461 e. The lowest BCUT2D eigenvalue weighted by Crippen LogP contribution is -1.82. The molecule has 0 amide bonds. The number of H-pyrrole nitrogens is 1. The van der Waals surface area contributed by atoms with Crippen LogP contribution in [-0.4, -0.2) is 9.97 Å². The maximum atomic E-state index is 6.19. The summed E-state index contributed by atoms with van der Waals surface area (Å²) < 4.78 is 5.33. The molecule has 0 saturated heterocycles. The normalized spacial score (nSPS) is 10.8. The quantitative estimate of drug-likeness (QED) is 0.745. The van der Waals surface area contributed by atoms with Gasteiger partial charge in [0.05, 0.1) is 17.0 Å². The fraction of sp³-hybridized carbons (Fsp3) is 0.0714. The first-order chi connectivity index (χ1) is 8.75. The average molecular weight is 259 g/mol. The van der Waals surface area contributed by atoms with E-state index in [1.54, 1.807) is 6.26 Å². The van der Waals surface area contributed by atoms with E-state index >= 15 is 0 Å². The standard InChI is InChI=1S/C14H11ClN2O/c1-9-13(10-5-2-3-6-11(10)15)17-14(16-9)12-7-4-8-18-12/h2-8H,1H3,(H,16,17). The van der Waals surface area contributed by atoms with E-state index in [0.29, 0.717) is 10.8 Å². The molecule has 0 saturated carbocycles. The second-order valence-corrected chi connectivity index (χ2v) is 4.42. The van der Waals surface area contributed by atoms with Gasteiger partial charge in [-0.05, 0) is 25.1 Å². The highest BCUT2D eigenvalue weighted by Crippen LogP contribution is 2.30. The van der Waals surface area contributed by atoms with Crippen molar-refractivity contribution in [3.8, 4) is 22.8 Å². The van der Waals surface area contributed by atoms with Crippen molar-refractivity contribution in [1.29, 1.82) is 0 Å². The van der Waals surface area contributed by atoms with E-state index in [9.17, 15) is 0 Å². The number of aromatic amines is 1. The molecule has 90 valence electrons. The van der Waals surface area contributed by atoms with E-state index < -0.39 is 0 Å². The Labute approximate surface area is 109 Å².